The van der Waals surface area contributed by atoms with Gasteiger partial charge in [0.1, 0.15) is 29.0 Å². The summed E-state index contributed by atoms with van der Waals surface area (Å²) in [4.78, 5) is 21.2. The highest BCUT2D eigenvalue weighted by Gasteiger charge is 2.51. The fourth-order valence-corrected chi connectivity index (χ4v) is 4.17. The van der Waals surface area contributed by atoms with Gasteiger partial charge in [-0.05, 0) is 42.5 Å². The van der Waals surface area contributed by atoms with Gasteiger partial charge in [-0.2, -0.15) is 5.26 Å². The first-order chi connectivity index (χ1) is 15.0. The fraction of sp³-hybridized carbons (Fsp3) is 0.182. The largest absolute Gasteiger partial charge is 0.382 e. The molecule has 4 heterocycles. The number of ether oxygens (including phenoxy) is 1. The highest BCUT2D eigenvalue weighted by molar-refractivity contribution is 6.03. The number of nitrogens with zero attached hydrogens (tertiary/aromatic N) is 4. The lowest BCUT2D eigenvalue weighted by Crippen LogP contribution is -2.42. The summed E-state index contributed by atoms with van der Waals surface area (Å²) in [7, 11) is 0. The van der Waals surface area contributed by atoms with Gasteiger partial charge in [0.25, 0.3) is 5.91 Å². The molecule has 2 aromatic heterocycles. The van der Waals surface area contributed by atoms with Crippen LogP contribution in [-0.2, 0) is 10.3 Å². The lowest BCUT2D eigenvalue weighted by molar-refractivity contribution is 0.102. The molecule has 31 heavy (non-hydrogen) atoms. The van der Waals surface area contributed by atoms with E-state index in [0.29, 0.717) is 29.3 Å². The van der Waals surface area contributed by atoms with Crippen LogP contribution in [0.5, 0.6) is 0 Å². The minimum Gasteiger partial charge on any atom is -0.382 e. The number of amidine groups is 1. The summed E-state index contributed by atoms with van der Waals surface area (Å²) in [5, 5.41) is 11.6. The van der Waals surface area contributed by atoms with E-state index in [1.165, 1.54) is 30.5 Å². The molecule has 3 aromatic rings. The molecule has 5 rings (SSSR count). The zero-order chi connectivity index (χ0) is 21.6. The molecular formula is C22H17FN6O2. The van der Waals surface area contributed by atoms with Crippen molar-refractivity contribution >= 4 is 17.4 Å². The molecule has 8 nitrogen and oxygen atoms in total. The number of nitrogens with one attached hydrogen (secondary N) is 1. The lowest BCUT2D eigenvalue weighted by Gasteiger charge is -2.36. The number of carbonyl (C=O) groups excluding carboxylic acids is 1. The Morgan fingerprint density at radius 2 is 2.23 bits per heavy atom. The molecular weight excluding hydrogens is 399 g/mol. The average molecular weight is 416 g/mol. The van der Waals surface area contributed by atoms with E-state index in [0.717, 1.165) is 5.69 Å². The molecule has 154 valence electrons. The molecule has 9 heteroatoms. The van der Waals surface area contributed by atoms with Crippen molar-refractivity contribution in [3.05, 3.63) is 83.2 Å². The molecule has 1 amide bonds. The summed E-state index contributed by atoms with van der Waals surface area (Å²) in [5.74, 6) is -0.627. The number of anilines is 1. The molecule has 0 spiro atoms. The molecule has 0 unspecified atom stereocenters. The highest BCUT2D eigenvalue weighted by Crippen LogP contribution is 2.47. The van der Waals surface area contributed by atoms with Crippen molar-refractivity contribution in [3.63, 3.8) is 0 Å². The van der Waals surface area contributed by atoms with E-state index in [4.69, 9.17) is 15.7 Å². The number of carbonyl (C=O) groups is 1. The fourth-order valence-electron chi connectivity index (χ4n) is 4.17. The normalized spacial score (nSPS) is 21.5. The lowest BCUT2D eigenvalue weighted by atomic mass is 9.83. The number of halogens is 1. The predicted molar refractivity (Wildman–Crippen MR) is 110 cm³/mol. The van der Waals surface area contributed by atoms with Crippen molar-refractivity contribution < 1.29 is 13.9 Å². The van der Waals surface area contributed by atoms with Crippen LogP contribution in [0.15, 0.2) is 59.9 Å². The van der Waals surface area contributed by atoms with Gasteiger partial charge in [-0.25, -0.2) is 9.37 Å². The third-order valence-electron chi connectivity index (χ3n) is 5.66. The second-order valence-electron chi connectivity index (χ2n) is 7.45. The maximum absolute atomic E-state index is 15.0. The van der Waals surface area contributed by atoms with Gasteiger partial charge >= 0.3 is 0 Å². The smallest absolute Gasteiger partial charge is 0.274 e. The Bertz CT molecular complexity index is 1260. The summed E-state index contributed by atoms with van der Waals surface area (Å²) >= 11 is 0. The maximum atomic E-state index is 15.0. The van der Waals surface area contributed by atoms with Crippen LogP contribution in [0, 0.1) is 17.1 Å². The van der Waals surface area contributed by atoms with Crippen LogP contribution in [0.25, 0.3) is 0 Å². The first-order valence-electron chi connectivity index (χ1n) is 9.59. The van der Waals surface area contributed by atoms with Gasteiger partial charge in [-0.15, -0.1) is 0 Å². The molecule has 3 N–H and O–H groups in total. The first-order valence-corrected chi connectivity index (χ1v) is 9.59. The molecule has 1 fully saturated rings. The van der Waals surface area contributed by atoms with Crippen LogP contribution >= 0.6 is 0 Å². The molecule has 1 saturated heterocycles. The van der Waals surface area contributed by atoms with Crippen molar-refractivity contribution in [3.8, 4) is 6.07 Å². The van der Waals surface area contributed by atoms with Crippen molar-refractivity contribution in [1.29, 1.82) is 5.26 Å². The molecule has 0 aliphatic carbocycles. The predicted octanol–water partition coefficient (Wildman–Crippen LogP) is 2.33. The zero-order valence-corrected chi connectivity index (χ0v) is 16.2. The number of nitriles is 1. The topological polar surface area (TPSA) is 118 Å². The SMILES string of the molecule is N#Cc1ccc(C(=O)Nc2ccc(F)c([C@]34COC[C@H]3n3cccc3C(N)=N4)c2)nc1. The number of hydrogen-bond acceptors (Lipinski definition) is 6. The Labute approximate surface area is 176 Å². The number of amides is 1. The van der Waals surface area contributed by atoms with Gasteiger partial charge in [-0.3, -0.25) is 9.79 Å². The number of rotatable bonds is 3. The van der Waals surface area contributed by atoms with Gasteiger partial charge in [0.2, 0.25) is 0 Å². The van der Waals surface area contributed by atoms with E-state index in [-0.39, 0.29) is 18.3 Å². The summed E-state index contributed by atoms with van der Waals surface area (Å²) in [6.07, 6.45) is 3.20. The van der Waals surface area contributed by atoms with Crippen LogP contribution in [0.1, 0.15) is 33.4 Å². The van der Waals surface area contributed by atoms with Crippen LogP contribution in [-0.4, -0.2) is 34.5 Å². The summed E-state index contributed by atoms with van der Waals surface area (Å²) in [5.41, 5.74) is 7.10. The Balaban J connectivity index is 1.51. The maximum Gasteiger partial charge on any atom is 0.274 e. The van der Waals surface area contributed by atoms with Crippen molar-refractivity contribution in [1.82, 2.24) is 9.55 Å². The minimum atomic E-state index is -1.03. The second-order valence-corrected chi connectivity index (χ2v) is 7.45. The van der Waals surface area contributed by atoms with E-state index in [2.05, 4.69) is 15.3 Å². The first kappa shape index (κ1) is 19.0. The number of pyridine rings is 1. The minimum absolute atomic E-state index is 0.141. The van der Waals surface area contributed by atoms with E-state index in [1.54, 1.807) is 6.07 Å². The monoisotopic (exact) mass is 416 g/mol. The number of nitrogens with two attached hydrogens (primary N) is 1. The van der Waals surface area contributed by atoms with Crippen molar-refractivity contribution in [2.45, 2.75) is 11.6 Å². The third-order valence-corrected chi connectivity index (χ3v) is 5.66. The Kier molecular flexibility index (Phi) is 4.30. The van der Waals surface area contributed by atoms with E-state index < -0.39 is 17.3 Å². The third kappa shape index (κ3) is 2.96. The molecule has 2 aliphatic heterocycles. The van der Waals surface area contributed by atoms with E-state index in [9.17, 15) is 4.79 Å². The quantitative estimate of drug-likeness (QED) is 0.679. The Morgan fingerprint density at radius 3 is 3.00 bits per heavy atom. The molecule has 2 aliphatic rings. The van der Waals surface area contributed by atoms with Crippen molar-refractivity contribution in [2.75, 3.05) is 18.5 Å². The van der Waals surface area contributed by atoms with Gasteiger partial charge < -0.3 is 20.4 Å². The number of hydrogen-bond donors (Lipinski definition) is 2. The number of aromatic nitrogens is 2. The summed E-state index contributed by atoms with van der Waals surface area (Å²) < 4.78 is 22.7. The Morgan fingerprint density at radius 1 is 1.35 bits per heavy atom. The second kappa shape index (κ2) is 7.04. The van der Waals surface area contributed by atoms with Crippen molar-refractivity contribution in [2.24, 2.45) is 10.7 Å². The van der Waals surface area contributed by atoms with Gasteiger partial charge in [0, 0.05) is 23.6 Å². The average Bonchev–Trinajstić information content (AvgIpc) is 3.43. The van der Waals surface area contributed by atoms with Crippen LogP contribution in [0.3, 0.4) is 0 Å². The van der Waals surface area contributed by atoms with Crippen LogP contribution in [0.2, 0.25) is 0 Å². The van der Waals surface area contributed by atoms with Crippen LogP contribution in [0.4, 0.5) is 10.1 Å². The van der Waals surface area contributed by atoms with Crippen LogP contribution < -0.4 is 11.1 Å². The zero-order valence-electron chi connectivity index (χ0n) is 16.2. The number of fused-ring (bicyclic) bond motifs is 3. The molecule has 2 atom stereocenters. The molecule has 0 saturated carbocycles. The number of benzene rings is 1. The van der Waals surface area contributed by atoms with Gasteiger partial charge in [0.05, 0.1) is 30.5 Å². The molecule has 1 aromatic carbocycles. The highest BCUT2D eigenvalue weighted by atomic mass is 19.1. The van der Waals surface area contributed by atoms with Gasteiger partial charge in [-0.1, -0.05) is 0 Å². The molecule has 0 bridgehead atoms. The number of aliphatic imine (C=N–C) groups is 1. The summed E-state index contributed by atoms with van der Waals surface area (Å²) in [6.45, 7) is 0.533. The molecule has 0 radical (unpaired) electrons. The van der Waals surface area contributed by atoms with E-state index in [1.807, 2.05) is 29.0 Å². The van der Waals surface area contributed by atoms with Gasteiger partial charge in [0.15, 0.2) is 0 Å². The standard InChI is InChI=1S/C22H17FN6O2/c23-16-5-4-14(27-21(30)17-6-3-13(9-24)10-26-17)8-15(16)22-12-31-11-19(22)29-7-1-2-18(29)20(25)28-22/h1-8,10,19H,11-12H2,(H2,25,28)(H,27,30)/t19-,22-/m1/s1. The Hall–Kier alpha value is -4.03. The van der Waals surface area contributed by atoms with E-state index >= 15 is 4.39 Å². The summed E-state index contributed by atoms with van der Waals surface area (Å²) in [6, 6.07) is 12.7.